The highest BCUT2D eigenvalue weighted by Gasteiger charge is 2.41. The Hall–Kier alpha value is -17.0. The zero-order valence-corrected chi connectivity index (χ0v) is 74.8. The maximum Gasteiger partial charge on any atom is 0.144 e. The molecule has 0 amide bonds. The lowest BCUT2D eigenvalue weighted by molar-refractivity contribution is 0.653. The van der Waals surface area contributed by atoms with E-state index in [0.29, 0.717) is 0 Å². The molecule has 4 heterocycles. The number of furan rings is 3. The molecule has 0 atom stereocenters. The standard InChI is InChI=1S/C45H30O.C44H26OS.C42H26O/c1-45(2)36-25-24-27-14-6-7-17-29(27)42(36)43-37(45)26-35(41-34-22-12-13-23-38(34)46-44(41)43)40-32-20-10-8-18-30(32)39(28-15-4-3-5-16-28)31-19-9-11-21-33(31)40;1-2-12-27(13-3-1)41-31-15-4-6-17-33(31)42(34-18-7-5-16-32(34)41)36-24-23-29(44-43(36)35-19-8-10-20-38(35)45-44)28-22-25-40-37(26-28)30-14-9-11-21-39(30)46-40;1-2-13-28(14-3-1)39-32-16-6-8-18-34(32)40(35-19-9-7-17-33(35)39)37-25-24-31(30-23-22-27-12-4-5-15-29(27)26-30)42-41(37)36-20-10-11-21-38(36)43-42/h3-26H,1-2H3;1-26H;1-26H. The second-order valence-electron chi connectivity index (χ2n) is 36.4. The summed E-state index contributed by atoms with van der Waals surface area (Å²) >= 11 is 1.85. The number of hydrogen-bond donors (Lipinski definition) is 0. The number of para-hydroxylation sites is 3. The second kappa shape index (κ2) is 31.1. The third-order valence-electron chi connectivity index (χ3n) is 28.8. The first-order chi connectivity index (χ1) is 66.8. The number of thiophene rings is 1. The van der Waals surface area contributed by atoms with Crippen LogP contribution in [0, 0.1) is 0 Å². The van der Waals surface area contributed by atoms with Crippen molar-refractivity contribution in [1.82, 2.24) is 0 Å². The van der Waals surface area contributed by atoms with E-state index in [-0.39, 0.29) is 5.41 Å². The van der Waals surface area contributed by atoms with Crippen LogP contribution in [0.3, 0.4) is 0 Å². The number of rotatable bonds is 8. The molecule has 0 N–H and O–H groups in total. The average Bonchev–Trinajstić information content (AvgIpc) is 1.52. The SMILES string of the molecule is CC1(C)c2ccc3ccccc3c2-c2c1cc(-c1c3ccccc3c(-c3ccccc3)c3ccccc13)c1c2oc2ccccc21.c1ccc(-c2c3ccccc3c(-c3ccc(-c4ccc5ccccc5c4)c4oc5ccccc5c34)c3ccccc23)cc1.c1ccc(-c2c3ccccc3c(-c3ccc(-c4ccc5sc6ccccc6c5c4)c4oc5ccccc5c34)c3ccccc23)cc1. The summed E-state index contributed by atoms with van der Waals surface area (Å²) in [6.45, 7) is 4.75. The maximum absolute atomic E-state index is 6.97. The molecule has 1 aliphatic carbocycles. The van der Waals surface area contributed by atoms with E-state index in [9.17, 15) is 0 Å². The van der Waals surface area contributed by atoms with Crippen LogP contribution in [0.4, 0.5) is 0 Å². The first-order valence-corrected chi connectivity index (χ1v) is 47.4. The Morgan fingerprint density at radius 2 is 0.481 bits per heavy atom. The Morgan fingerprint density at radius 1 is 0.170 bits per heavy atom. The van der Waals surface area contributed by atoms with Crippen LogP contribution in [0.2, 0.25) is 0 Å². The van der Waals surface area contributed by atoms with Crippen molar-refractivity contribution in [3.63, 3.8) is 0 Å². The van der Waals surface area contributed by atoms with E-state index in [4.69, 9.17) is 13.3 Å². The van der Waals surface area contributed by atoms with Crippen molar-refractivity contribution in [3.8, 4) is 100 Å². The lowest BCUT2D eigenvalue weighted by Crippen LogP contribution is -2.15. The molecule has 0 fully saturated rings. The summed E-state index contributed by atoms with van der Waals surface area (Å²) in [5, 5.41) is 29.5. The molecular formula is C131H82O3S. The van der Waals surface area contributed by atoms with Crippen LogP contribution in [0.5, 0.6) is 0 Å². The van der Waals surface area contributed by atoms with Gasteiger partial charge in [-0.25, -0.2) is 0 Å². The fourth-order valence-corrected chi connectivity index (χ4v) is 23.9. The average molecular weight is 1740 g/mol. The summed E-state index contributed by atoms with van der Waals surface area (Å²) in [6.07, 6.45) is 0. The summed E-state index contributed by atoms with van der Waals surface area (Å²) in [5.74, 6) is 0. The predicted molar refractivity (Wildman–Crippen MR) is 575 cm³/mol. The highest BCUT2D eigenvalue weighted by Crippen LogP contribution is 2.60. The minimum Gasteiger partial charge on any atom is -0.455 e. The van der Waals surface area contributed by atoms with Crippen molar-refractivity contribution in [2.45, 2.75) is 19.3 Å². The molecule has 29 rings (SSSR count). The molecular weight excluding hydrogens is 1650 g/mol. The van der Waals surface area contributed by atoms with Crippen molar-refractivity contribution in [3.05, 3.63) is 472 Å². The maximum atomic E-state index is 6.97. The van der Waals surface area contributed by atoms with Crippen LogP contribution >= 0.6 is 11.3 Å². The first-order valence-electron chi connectivity index (χ1n) is 46.6. The molecule has 630 valence electrons. The third kappa shape index (κ3) is 12.2. The third-order valence-corrected chi connectivity index (χ3v) is 29.9. The van der Waals surface area contributed by atoms with E-state index < -0.39 is 0 Å². The molecule has 4 aromatic heterocycles. The fourth-order valence-electron chi connectivity index (χ4n) is 22.8. The van der Waals surface area contributed by atoms with Gasteiger partial charge in [0.05, 0.1) is 0 Å². The largest absolute Gasteiger partial charge is 0.455 e. The zero-order valence-electron chi connectivity index (χ0n) is 74.0. The van der Waals surface area contributed by atoms with Crippen molar-refractivity contribution >= 4 is 184 Å². The van der Waals surface area contributed by atoms with E-state index in [1.807, 2.05) is 11.3 Å². The van der Waals surface area contributed by atoms with Crippen LogP contribution in [0.25, 0.3) is 272 Å². The van der Waals surface area contributed by atoms with Crippen LogP contribution < -0.4 is 0 Å². The minimum absolute atomic E-state index is 0.202. The fraction of sp³-hybridized carbons (Fsp3) is 0.0229. The molecule has 3 nitrogen and oxygen atoms in total. The highest BCUT2D eigenvalue weighted by molar-refractivity contribution is 7.25. The Bertz CT molecular complexity index is 9620. The van der Waals surface area contributed by atoms with E-state index in [1.165, 1.54) is 206 Å². The van der Waals surface area contributed by atoms with E-state index in [0.717, 1.165) is 77.1 Å². The van der Waals surface area contributed by atoms with E-state index >= 15 is 0 Å². The molecule has 135 heavy (non-hydrogen) atoms. The molecule has 0 spiro atoms. The van der Waals surface area contributed by atoms with Gasteiger partial charge in [0.15, 0.2) is 0 Å². The summed E-state index contributed by atoms with van der Waals surface area (Å²) in [4.78, 5) is 0. The van der Waals surface area contributed by atoms with Gasteiger partial charge in [-0.05, 0) is 241 Å². The van der Waals surface area contributed by atoms with Gasteiger partial charge in [-0.15, -0.1) is 11.3 Å². The van der Waals surface area contributed by atoms with Gasteiger partial charge in [0.2, 0.25) is 0 Å². The van der Waals surface area contributed by atoms with Crippen LogP contribution in [-0.4, -0.2) is 0 Å². The van der Waals surface area contributed by atoms with E-state index in [1.54, 1.807) is 0 Å². The van der Waals surface area contributed by atoms with Gasteiger partial charge in [-0.1, -0.05) is 414 Å². The molecule has 24 aromatic carbocycles. The van der Waals surface area contributed by atoms with Gasteiger partial charge in [-0.3, -0.25) is 0 Å². The Labute approximate surface area is 782 Å². The number of hydrogen-bond acceptors (Lipinski definition) is 4. The highest BCUT2D eigenvalue weighted by atomic mass is 32.1. The van der Waals surface area contributed by atoms with Crippen LogP contribution in [0.15, 0.2) is 474 Å². The summed E-state index contributed by atoms with van der Waals surface area (Å²) in [7, 11) is 0. The molecule has 1 aliphatic rings. The summed E-state index contributed by atoms with van der Waals surface area (Å²) in [5.41, 5.74) is 30.0. The molecule has 0 aliphatic heterocycles. The Morgan fingerprint density at radius 3 is 0.926 bits per heavy atom. The van der Waals surface area contributed by atoms with Crippen molar-refractivity contribution in [2.24, 2.45) is 0 Å². The zero-order chi connectivity index (χ0) is 89.1. The van der Waals surface area contributed by atoms with Gasteiger partial charge in [-0.2, -0.15) is 0 Å². The topological polar surface area (TPSA) is 39.4 Å². The predicted octanol–water partition coefficient (Wildman–Crippen LogP) is 38.0. The van der Waals surface area contributed by atoms with E-state index in [2.05, 4.69) is 475 Å². The molecule has 0 saturated carbocycles. The van der Waals surface area contributed by atoms with Crippen LogP contribution in [0.1, 0.15) is 25.0 Å². The second-order valence-corrected chi connectivity index (χ2v) is 37.5. The molecule has 0 unspecified atom stereocenters. The van der Waals surface area contributed by atoms with Gasteiger partial charge in [0.25, 0.3) is 0 Å². The first kappa shape index (κ1) is 77.9. The smallest absolute Gasteiger partial charge is 0.144 e. The summed E-state index contributed by atoms with van der Waals surface area (Å²) < 4.78 is 23.1. The Kier molecular flexibility index (Phi) is 17.9. The van der Waals surface area contributed by atoms with Gasteiger partial charge < -0.3 is 13.3 Å². The molecule has 0 radical (unpaired) electrons. The van der Waals surface area contributed by atoms with Crippen molar-refractivity contribution in [2.75, 3.05) is 0 Å². The quantitative estimate of drug-likeness (QED) is 0.142. The monoisotopic (exact) mass is 1730 g/mol. The van der Waals surface area contributed by atoms with Gasteiger partial charge in [0.1, 0.15) is 33.5 Å². The Balaban J connectivity index is 0.000000103. The van der Waals surface area contributed by atoms with Crippen molar-refractivity contribution < 1.29 is 13.3 Å². The summed E-state index contributed by atoms with van der Waals surface area (Å²) in [6, 6.07) is 167. The lowest BCUT2D eigenvalue weighted by atomic mass is 9.79. The van der Waals surface area contributed by atoms with Gasteiger partial charge in [0, 0.05) is 74.6 Å². The number of benzene rings is 24. The molecule has 4 heteroatoms. The minimum atomic E-state index is -0.202. The number of fused-ring (bicyclic) bond motifs is 25. The normalized spacial score (nSPS) is 12.4. The molecule has 0 bridgehead atoms. The van der Waals surface area contributed by atoms with Crippen molar-refractivity contribution in [1.29, 1.82) is 0 Å². The van der Waals surface area contributed by atoms with Crippen LogP contribution in [-0.2, 0) is 5.41 Å². The lowest BCUT2D eigenvalue weighted by Gasteiger charge is -2.23. The molecule has 0 saturated heterocycles. The van der Waals surface area contributed by atoms with Gasteiger partial charge >= 0.3 is 0 Å². The molecule has 28 aromatic rings.